The van der Waals surface area contributed by atoms with Gasteiger partial charge in [0.05, 0.1) is 13.2 Å². The smallest absolute Gasteiger partial charge is 0.409 e. The zero-order valence-corrected chi connectivity index (χ0v) is 18.7. The third kappa shape index (κ3) is 6.32. The van der Waals surface area contributed by atoms with Crippen LogP contribution in [0.4, 0.5) is 9.18 Å². The number of esters is 2. The zero-order valence-electron chi connectivity index (χ0n) is 16.6. The summed E-state index contributed by atoms with van der Waals surface area (Å²) in [4.78, 5) is 37.9. The van der Waals surface area contributed by atoms with E-state index >= 15 is 0 Å². The molecule has 1 aromatic rings. The SMILES string of the molecule is CCOC(=O)C(Cc1cccc(I)c1F)(NC(=O)OC(C)(C)C)C(=O)OCC. The first-order valence-electron chi connectivity index (χ1n) is 8.75. The molecule has 0 radical (unpaired) electrons. The van der Waals surface area contributed by atoms with Crippen molar-refractivity contribution in [3.05, 3.63) is 33.1 Å². The highest BCUT2D eigenvalue weighted by Crippen LogP contribution is 2.24. The number of hydrogen-bond donors (Lipinski definition) is 1. The van der Waals surface area contributed by atoms with Crippen molar-refractivity contribution in [2.24, 2.45) is 0 Å². The molecule has 1 N–H and O–H groups in total. The molecule has 7 nitrogen and oxygen atoms in total. The van der Waals surface area contributed by atoms with Gasteiger partial charge in [-0.15, -0.1) is 0 Å². The van der Waals surface area contributed by atoms with Crippen LogP contribution in [0.25, 0.3) is 0 Å². The number of nitrogens with one attached hydrogen (secondary N) is 1. The van der Waals surface area contributed by atoms with E-state index < -0.39 is 41.4 Å². The van der Waals surface area contributed by atoms with Crippen LogP contribution >= 0.6 is 22.6 Å². The summed E-state index contributed by atoms with van der Waals surface area (Å²) in [6.07, 6.45) is -1.52. The van der Waals surface area contributed by atoms with Crippen LogP contribution in [-0.2, 0) is 30.2 Å². The molecule has 0 saturated carbocycles. The molecule has 0 heterocycles. The molecule has 1 aromatic carbocycles. The van der Waals surface area contributed by atoms with E-state index in [9.17, 15) is 18.8 Å². The lowest BCUT2D eigenvalue weighted by atomic mass is 9.90. The second kappa shape index (κ2) is 10.0. The van der Waals surface area contributed by atoms with Gasteiger partial charge in [0.15, 0.2) is 0 Å². The van der Waals surface area contributed by atoms with Gasteiger partial charge >= 0.3 is 18.0 Å². The molecule has 1 amide bonds. The van der Waals surface area contributed by atoms with Crippen LogP contribution in [0.1, 0.15) is 40.2 Å². The maximum absolute atomic E-state index is 14.6. The van der Waals surface area contributed by atoms with Crippen molar-refractivity contribution in [2.45, 2.75) is 52.2 Å². The average Bonchev–Trinajstić information content (AvgIpc) is 2.56. The van der Waals surface area contributed by atoms with Gasteiger partial charge in [0.25, 0.3) is 0 Å². The Balaban J connectivity index is 3.45. The molecule has 1 rings (SSSR count). The fourth-order valence-electron chi connectivity index (χ4n) is 2.33. The molecule has 0 atom stereocenters. The van der Waals surface area contributed by atoms with Crippen LogP contribution in [0.15, 0.2) is 18.2 Å². The quantitative estimate of drug-likeness (QED) is 0.263. The number of carbonyl (C=O) groups excluding carboxylic acids is 3. The Labute approximate surface area is 177 Å². The lowest BCUT2D eigenvalue weighted by Gasteiger charge is -2.31. The number of carbonyl (C=O) groups is 3. The summed E-state index contributed by atoms with van der Waals surface area (Å²) in [5, 5.41) is 2.27. The van der Waals surface area contributed by atoms with Crippen molar-refractivity contribution >= 4 is 40.6 Å². The Hall–Kier alpha value is -1.91. The Bertz CT molecular complexity index is 714. The van der Waals surface area contributed by atoms with Gasteiger partial charge in [-0.05, 0) is 68.8 Å². The van der Waals surface area contributed by atoms with E-state index in [1.807, 2.05) is 0 Å². The van der Waals surface area contributed by atoms with Gasteiger partial charge in [-0.3, -0.25) is 5.32 Å². The van der Waals surface area contributed by atoms with Crippen molar-refractivity contribution < 1.29 is 33.0 Å². The molecular formula is C19H25FINO6. The van der Waals surface area contributed by atoms with Crippen LogP contribution in [0.2, 0.25) is 0 Å². The van der Waals surface area contributed by atoms with Gasteiger partial charge in [0.1, 0.15) is 11.4 Å². The molecule has 156 valence electrons. The fraction of sp³-hybridized carbons (Fsp3) is 0.526. The molecule has 0 unspecified atom stereocenters. The van der Waals surface area contributed by atoms with Crippen molar-refractivity contribution in [3.8, 4) is 0 Å². The van der Waals surface area contributed by atoms with E-state index in [1.54, 1.807) is 63.3 Å². The number of benzene rings is 1. The van der Waals surface area contributed by atoms with E-state index in [4.69, 9.17) is 14.2 Å². The molecule has 0 bridgehead atoms. The van der Waals surface area contributed by atoms with E-state index in [0.29, 0.717) is 3.57 Å². The Morgan fingerprint density at radius 3 is 2.07 bits per heavy atom. The average molecular weight is 509 g/mol. The summed E-state index contributed by atoms with van der Waals surface area (Å²) < 4.78 is 30.1. The number of rotatable bonds is 7. The first-order valence-corrected chi connectivity index (χ1v) is 9.83. The summed E-state index contributed by atoms with van der Waals surface area (Å²) in [5.41, 5.74) is -3.13. The number of alkyl carbamates (subject to hydrolysis) is 1. The summed E-state index contributed by atoms with van der Waals surface area (Å²) in [5.74, 6) is -2.72. The second-order valence-corrected chi connectivity index (χ2v) is 8.03. The monoisotopic (exact) mass is 509 g/mol. The van der Waals surface area contributed by atoms with E-state index in [0.717, 1.165) is 0 Å². The largest absolute Gasteiger partial charge is 0.464 e. The summed E-state index contributed by atoms with van der Waals surface area (Å²) in [6.45, 7) is 7.88. The van der Waals surface area contributed by atoms with Gasteiger partial charge in [-0.2, -0.15) is 0 Å². The van der Waals surface area contributed by atoms with Crippen LogP contribution in [0.5, 0.6) is 0 Å². The highest BCUT2D eigenvalue weighted by atomic mass is 127. The minimum Gasteiger partial charge on any atom is -0.464 e. The van der Waals surface area contributed by atoms with Crippen LogP contribution in [0, 0.1) is 9.39 Å². The van der Waals surface area contributed by atoms with Gasteiger partial charge in [-0.1, -0.05) is 12.1 Å². The van der Waals surface area contributed by atoms with Gasteiger partial charge in [0, 0.05) is 9.99 Å². The minimum absolute atomic E-state index is 0.0454. The van der Waals surface area contributed by atoms with Crippen molar-refractivity contribution in [1.29, 1.82) is 0 Å². The fourth-order valence-corrected chi connectivity index (χ4v) is 2.89. The minimum atomic E-state index is -2.29. The van der Waals surface area contributed by atoms with E-state index in [2.05, 4.69) is 5.32 Å². The van der Waals surface area contributed by atoms with Gasteiger partial charge < -0.3 is 14.2 Å². The second-order valence-electron chi connectivity index (χ2n) is 6.86. The van der Waals surface area contributed by atoms with Gasteiger partial charge in [0.2, 0.25) is 5.54 Å². The molecular weight excluding hydrogens is 484 g/mol. The third-order valence-electron chi connectivity index (χ3n) is 3.45. The molecule has 0 aliphatic heterocycles. The van der Waals surface area contributed by atoms with Crippen LogP contribution < -0.4 is 5.32 Å². The first kappa shape index (κ1) is 24.1. The van der Waals surface area contributed by atoms with Crippen molar-refractivity contribution in [2.75, 3.05) is 13.2 Å². The lowest BCUT2D eigenvalue weighted by molar-refractivity contribution is -0.166. The molecule has 0 fully saturated rings. The summed E-state index contributed by atoms with van der Waals surface area (Å²) in [7, 11) is 0. The first-order chi connectivity index (χ1) is 13.0. The molecule has 0 aliphatic carbocycles. The third-order valence-corrected chi connectivity index (χ3v) is 4.28. The predicted molar refractivity (Wildman–Crippen MR) is 108 cm³/mol. The number of halogens is 2. The normalized spacial score (nSPS) is 11.5. The standard InChI is InChI=1S/C19H25FINO6/c1-6-26-15(23)19(16(24)27-7-2,22-17(25)28-18(3,4)5)11-12-9-8-10-13(21)14(12)20/h8-10H,6-7,11H2,1-5H3,(H,22,25). The van der Waals surface area contributed by atoms with Crippen LogP contribution in [0.3, 0.4) is 0 Å². The topological polar surface area (TPSA) is 90.9 Å². The molecule has 0 aromatic heterocycles. The molecule has 0 spiro atoms. The Kier molecular flexibility index (Phi) is 8.65. The van der Waals surface area contributed by atoms with Crippen LogP contribution in [-0.4, -0.2) is 42.4 Å². The molecule has 9 heteroatoms. The highest BCUT2D eigenvalue weighted by molar-refractivity contribution is 14.1. The predicted octanol–water partition coefficient (Wildman–Crippen LogP) is 3.36. The zero-order chi connectivity index (χ0) is 21.5. The number of hydrogen-bond acceptors (Lipinski definition) is 6. The Morgan fingerprint density at radius 1 is 1.07 bits per heavy atom. The number of ether oxygens (including phenoxy) is 3. The lowest BCUT2D eigenvalue weighted by Crippen LogP contribution is -2.63. The molecule has 0 aliphatic rings. The molecule has 28 heavy (non-hydrogen) atoms. The number of amides is 1. The summed E-state index contributed by atoms with van der Waals surface area (Å²) >= 11 is 1.79. The highest BCUT2D eigenvalue weighted by Gasteiger charge is 2.52. The summed E-state index contributed by atoms with van der Waals surface area (Å²) in [6, 6.07) is 4.54. The van der Waals surface area contributed by atoms with Gasteiger partial charge in [-0.25, -0.2) is 18.8 Å². The van der Waals surface area contributed by atoms with Crippen molar-refractivity contribution in [3.63, 3.8) is 0 Å². The molecule has 0 saturated heterocycles. The van der Waals surface area contributed by atoms with E-state index in [1.165, 1.54) is 12.1 Å². The van der Waals surface area contributed by atoms with Crippen molar-refractivity contribution in [1.82, 2.24) is 5.32 Å². The van der Waals surface area contributed by atoms with E-state index in [-0.39, 0.29) is 18.8 Å². The maximum atomic E-state index is 14.6. The Morgan fingerprint density at radius 2 is 1.61 bits per heavy atom. The maximum Gasteiger partial charge on any atom is 0.409 e.